The van der Waals surface area contributed by atoms with E-state index in [1.54, 1.807) is 12.1 Å². The molecule has 2 N–H and O–H groups in total. The van der Waals surface area contributed by atoms with Crippen LogP contribution in [0, 0.1) is 11.6 Å². The van der Waals surface area contributed by atoms with Crippen LogP contribution in [0.15, 0.2) is 47.4 Å². The van der Waals surface area contributed by atoms with E-state index in [2.05, 4.69) is 10.6 Å². The molecule has 5 nitrogen and oxygen atoms in total. The van der Waals surface area contributed by atoms with Crippen LogP contribution in [0.5, 0.6) is 5.75 Å². The number of nitrogens with one attached hydrogen (secondary N) is 2. The highest BCUT2D eigenvalue weighted by Crippen LogP contribution is 2.22. The van der Waals surface area contributed by atoms with Gasteiger partial charge in [-0.25, -0.2) is 8.78 Å². The van der Waals surface area contributed by atoms with Gasteiger partial charge < -0.3 is 15.4 Å². The summed E-state index contributed by atoms with van der Waals surface area (Å²) in [5.41, 5.74) is 0.160. The smallest absolute Gasteiger partial charge is 0.246 e. The fourth-order valence-corrected chi connectivity index (χ4v) is 3.00. The third-order valence-corrected chi connectivity index (χ3v) is 4.61. The summed E-state index contributed by atoms with van der Waals surface area (Å²) in [4.78, 5) is 25.2. The largest absolute Gasteiger partial charge is 0.494 e. The predicted molar refractivity (Wildman–Crippen MR) is 99.6 cm³/mol. The molecule has 2 rings (SSSR count). The monoisotopic (exact) mass is 394 g/mol. The Balaban J connectivity index is 2.01. The van der Waals surface area contributed by atoms with Crippen molar-refractivity contribution < 1.29 is 23.1 Å². The summed E-state index contributed by atoms with van der Waals surface area (Å²) in [6.45, 7) is 2.46. The lowest BCUT2D eigenvalue weighted by molar-refractivity contribution is -0.127. The molecule has 0 aromatic heterocycles. The maximum Gasteiger partial charge on any atom is 0.246 e. The van der Waals surface area contributed by atoms with Gasteiger partial charge in [-0.1, -0.05) is 6.07 Å². The van der Waals surface area contributed by atoms with E-state index in [0.29, 0.717) is 6.61 Å². The number of hydrogen-bond donors (Lipinski definition) is 2. The minimum Gasteiger partial charge on any atom is -0.494 e. The first-order chi connectivity index (χ1) is 12.9. The molecule has 8 heteroatoms. The van der Waals surface area contributed by atoms with Gasteiger partial charge in [-0.05, 0) is 48.9 Å². The number of rotatable bonds is 8. The molecule has 0 fully saturated rings. The third kappa shape index (κ3) is 5.96. The van der Waals surface area contributed by atoms with Crippen molar-refractivity contribution in [3.63, 3.8) is 0 Å². The lowest BCUT2D eigenvalue weighted by Gasteiger charge is -2.18. The molecule has 0 spiro atoms. The Labute approximate surface area is 160 Å². The number of halogens is 2. The molecule has 2 aromatic carbocycles. The highest BCUT2D eigenvalue weighted by molar-refractivity contribution is 8.00. The van der Waals surface area contributed by atoms with Crippen molar-refractivity contribution in [1.82, 2.24) is 10.6 Å². The van der Waals surface area contributed by atoms with Crippen LogP contribution in [0.4, 0.5) is 8.78 Å². The van der Waals surface area contributed by atoms with Crippen LogP contribution < -0.4 is 15.4 Å². The van der Waals surface area contributed by atoms with Crippen molar-refractivity contribution in [3.05, 3.63) is 59.7 Å². The Kier molecular flexibility index (Phi) is 7.60. The van der Waals surface area contributed by atoms with E-state index in [9.17, 15) is 18.4 Å². The molecule has 0 aliphatic rings. The molecule has 0 radical (unpaired) electrons. The quantitative estimate of drug-likeness (QED) is 0.676. The zero-order valence-corrected chi connectivity index (χ0v) is 15.7. The van der Waals surface area contributed by atoms with E-state index in [1.807, 2.05) is 19.1 Å². The molecular formula is C19H20F2N2O3S. The van der Waals surface area contributed by atoms with Crippen LogP contribution in [0.2, 0.25) is 0 Å². The number of amides is 2. The topological polar surface area (TPSA) is 67.4 Å². The van der Waals surface area contributed by atoms with E-state index in [0.717, 1.165) is 22.8 Å². The van der Waals surface area contributed by atoms with Crippen LogP contribution in [-0.2, 0) is 9.59 Å². The van der Waals surface area contributed by atoms with E-state index in [-0.39, 0.29) is 11.3 Å². The second-order valence-electron chi connectivity index (χ2n) is 5.48. The van der Waals surface area contributed by atoms with E-state index >= 15 is 0 Å². The molecule has 2 amide bonds. The summed E-state index contributed by atoms with van der Waals surface area (Å²) in [5, 5.41) is 4.95. The first-order valence-corrected chi connectivity index (χ1v) is 9.24. The van der Waals surface area contributed by atoms with Crippen molar-refractivity contribution in [1.29, 1.82) is 0 Å². The number of carbonyl (C=O) groups is 2. The zero-order valence-electron chi connectivity index (χ0n) is 14.9. The predicted octanol–water partition coefficient (Wildman–Crippen LogP) is 3.06. The molecule has 0 heterocycles. The van der Waals surface area contributed by atoms with Crippen molar-refractivity contribution in [3.8, 4) is 5.75 Å². The van der Waals surface area contributed by atoms with Gasteiger partial charge in [0.05, 0.1) is 12.4 Å². The number of benzene rings is 2. The lowest BCUT2D eigenvalue weighted by Crippen LogP contribution is -2.39. The van der Waals surface area contributed by atoms with Crippen molar-refractivity contribution in [2.24, 2.45) is 0 Å². The number of likely N-dealkylation sites (N-methyl/N-ethyl adjacent to an activating group) is 1. The number of ether oxygens (including phenoxy) is 1. The Bertz CT molecular complexity index is 800. The van der Waals surface area contributed by atoms with Gasteiger partial charge in [0, 0.05) is 11.9 Å². The fraction of sp³-hybridized carbons (Fsp3) is 0.263. The van der Waals surface area contributed by atoms with E-state index < -0.39 is 29.5 Å². The summed E-state index contributed by atoms with van der Waals surface area (Å²) in [7, 11) is 1.40. The molecule has 144 valence electrons. The van der Waals surface area contributed by atoms with Gasteiger partial charge >= 0.3 is 0 Å². The van der Waals surface area contributed by atoms with Gasteiger partial charge in [0.15, 0.2) is 11.6 Å². The average Bonchev–Trinajstić information content (AvgIpc) is 2.67. The van der Waals surface area contributed by atoms with E-state index in [4.69, 9.17) is 4.74 Å². The van der Waals surface area contributed by atoms with Gasteiger partial charge in [-0.3, -0.25) is 9.59 Å². The Hall–Kier alpha value is -2.61. The van der Waals surface area contributed by atoms with Crippen LogP contribution in [-0.4, -0.2) is 31.2 Å². The maximum atomic E-state index is 13.5. The SMILES string of the molecule is CCOc1ccc(SCC(=O)NC(C(=O)NC)c2ccc(F)c(F)c2)cc1. The molecule has 2 aromatic rings. The molecule has 0 saturated heterocycles. The minimum atomic E-state index is -1.11. The van der Waals surface area contributed by atoms with Crippen molar-refractivity contribution in [2.75, 3.05) is 19.4 Å². The second-order valence-corrected chi connectivity index (χ2v) is 6.53. The minimum absolute atomic E-state index is 0.0607. The summed E-state index contributed by atoms with van der Waals surface area (Å²) in [6, 6.07) is 9.23. The normalized spacial score (nSPS) is 11.6. The van der Waals surface area contributed by atoms with Gasteiger partial charge in [0.25, 0.3) is 0 Å². The van der Waals surface area contributed by atoms with Crippen LogP contribution >= 0.6 is 11.8 Å². The standard InChI is InChI=1S/C19H20F2N2O3S/c1-3-26-13-5-7-14(8-6-13)27-11-17(24)23-18(19(25)22-2)12-4-9-15(20)16(21)10-12/h4-10,18H,3,11H2,1-2H3,(H,22,25)(H,23,24). The summed E-state index contributed by atoms with van der Waals surface area (Å²) in [5.74, 6) is -2.24. The molecule has 1 atom stereocenters. The molecule has 1 unspecified atom stereocenters. The van der Waals surface area contributed by atoms with Crippen molar-refractivity contribution in [2.45, 2.75) is 17.9 Å². The number of hydrogen-bond acceptors (Lipinski definition) is 4. The van der Waals surface area contributed by atoms with Crippen LogP contribution in [0.1, 0.15) is 18.5 Å². The molecule has 0 aliphatic carbocycles. The highest BCUT2D eigenvalue weighted by atomic mass is 32.2. The van der Waals surface area contributed by atoms with Gasteiger partial charge in [-0.2, -0.15) is 0 Å². The maximum absolute atomic E-state index is 13.5. The Morgan fingerprint density at radius 2 is 1.81 bits per heavy atom. The highest BCUT2D eigenvalue weighted by Gasteiger charge is 2.23. The Morgan fingerprint density at radius 1 is 1.11 bits per heavy atom. The molecule has 0 aliphatic heterocycles. The molecule has 0 saturated carbocycles. The van der Waals surface area contributed by atoms with Gasteiger partial charge in [0.1, 0.15) is 11.8 Å². The number of carbonyl (C=O) groups excluding carboxylic acids is 2. The van der Waals surface area contributed by atoms with Crippen molar-refractivity contribution >= 4 is 23.6 Å². The summed E-state index contributed by atoms with van der Waals surface area (Å²) >= 11 is 1.28. The summed E-state index contributed by atoms with van der Waals surface area (Å²) < 4.78 is 31.9. The lowest BCUT2D eigenvalue weighted by atomic mass is 10.1. The first kappa shape index (κ1) is 20.7. The second kappa shape index (κ2) is 9.91. The van der Waals surface area contributed by atoms with Gasteiger partial charge in [-0.15, -0.1) is 11.8 Å². The molecule has 27 heavy (non-hydrogen) atoms. The molecular weight excluding hydrogens is 374 g/mol. The Morgan fingerprint density at radius 3 is 2.41 bits per heavy atom. The first-order valence-electron chi connectivity index (χ1n) is 8.26. The van der Waals surface area contributed by atoms with Gasteiger partial charge in [0.2, 0.25) is 11.8 Å². The number of thioether (sulfide) groups is 1. The van der Waals surface area contributed by atoms with E-state index in [1.165, 1.54) is 24.9 Å². The summed E-state index contributed by atoms with van der Waals surface area (Å²) in [6.07, 6.45) is 0. The van der Waals surface area contributed by atoms with Crippen LogP contribution in [0.3, 0.4) is 0 Å². The fourth-order valence-electron chi connectivity index (χ4n) is 2.29. The molecule has 0 bridgehead atoms. The third-order valence-electron chi connectivity index (χ3n) is 3.60. The average molecular weight is 394 g/mol. The zero-order chi connectivity index (χ0) is 19.8. The van der Waals surface area contributed by atoms with Crippen LogP contribution in [0.25, 0.3) is 0 Å².